The van der Waals surface area contributed by atoms with Crippen molar-refractivity contribution in [3.63, 3.8) is 0 Å². The zero-order valence-electron chi connectivity index (χ0n) is 10.0. The Balaban J connectivity index is 2.15. The highest BCUT2D eigenvalue weighted by molar-refractivity contribution is 5.76. The van der Waals surface area contributed by atoms with Crippen LogP contribution in [0.2, 0.25) is 0 Å². The monoisotopic (exact) mass is 252 g/mol. The number of hydrogen-bond donors (Lipinski definition) is 2. The molecule has 0 radical (unpaired) electrons. The van der Waals surface area contributed by atoms with E-state index in [2.05, 4.69) is 0 Å². The van der Waals surface area contributed by atoms with E-state index in [4.69, 9.17) is 9.47 Å². The van der Waals surface area contributed by atoms with Crippen molar-refractivity contribution in [1.29, 1.82) is 0 Å². The molecule has 2 rings (SSSR count). The summed E-state index contributed by atoms with van der Waals surface area (Å²) >= 11 is 0. The van der Waals surface area contributed by atoms with Crippen LogP contribution in [-0.2, 0) is 14.3 Å². The van der Waals surface area contributed by atoms with Crippen molar-refractivity contribution in [2.75, 3.05) is 6.61 Å². The van der Waals surface area contributed by atoms with Gasteiger partial charge in [0.2, 0.25) is 0 Å². The first-order valence-electron chi connectivity index (χ1n) is 5.88. The number of benzene rings is 1. The molecule has 1 aromatic rings. The van der Waals surface area contributed by atoms with Gasteiger partial charge in [0.1, 0.15) is 18.3 Å². The molecule has 0 bridgehead atoms. The van der Waals surface area contributed by atoms with Gasteiger partial charge in [-0.1, -0.05) is 30.3 Å². The number of rotatable bonds is 3. The highest BCUT2D eigenvalue weighted by Crippen LogP contribution is 2.33. The van der Waals surface area contributed by atoms with Crippen LogP contribution >= 0.6 is 0 Å². The molecule has 0 spiro atoms. The SMILES string of the molecule is CCOC(=O)[C@H]1O[C@H](c2ccccc2)[C@@H](O)[C@H]1O. The van der Waals surface area contributed by atoms with E-state index in [0.717, 1.165) is 5.56 Å². The van der Waals surface area contributed by atoms with Crippen molar-refractivity contribution in [2.24, 2.45) is 0 Å². The molecule has 1 heterocycles. The summed E-state index contributed by atoms with van der Waals surface area (Å²) in [6.07, 6.45) is -4.25. The number of ether oxygens (including phenoxy) is 2. The molecule has 5 heteroatoms. The Morgan fingerprint density at radius 2 is 1.94 bits per heavy atom. The molecule has 1 aliphatic rings. The van der Waals surface area contributed by atoms with Gasteiger partial charge in [0.15, 0.2) is 6.10 Å². The first-order chi connectivity index (χ1) is 8.65. The van der Waals surface area contributed by atoms with Crippen LogP contribution in [0.15, 0.2) is 30.3 Å². The van der Waals surface area contributed by atoms with Crippen LogP contribution < -0.4 is 0 Å². The Morgan fingerprint density at radius 3 is 2.56 bits per heavy atom. The topological polar surface area (TPSA) is 76.0 Å². The predicted octanol–water partition coefficient (Wildman–Crippen LogP) is 0.411. The van der Waals surface area contributed by atoms with Crippen molar-refractivity contribution in [3.8, 4) is 0 Å². The molecule has 18 heavy (non-hydrogen) atoms. The molecule has 4 atom stereocenters. The molecule has 0 unspecified atom stereocenters. The van der Waals surface area contributed by atoms with Gasteiger partial charge in [-0.3, -0.25) is 0 Å². The smallest absolute Gasteiger partial charge is 0.338 e. The minimum absolute atomic E-state index is 0.206. The maximum Gasteiger partial charge on any atom is 0.338 e. The number of carbonyl (C=O) groups is 1. The van der Waals surface area contributed by atoms with Gasteiger partial charge in [-0.25, -0.2) is 4.79 Å². The van der Waals surface area contributed by atoms with Gasteiger partial charge in [-0.05, 0) is 12.5 Å². The highest BCUT2D eigenvalue weighted by Gasteiger charge is 2.47. The number of esters is 1. The first-order valence-corrected chi connectivity index (χ1v) is 5.88. The molecule has 1 aliphatic heterocycles. The van der Waals surface area contributed by atoms with Crippen LogP contribution in [-0.4, -0.2) is 41.1 Å². The average Bonchev–Trinajstić information content (AvgIpc) is 2.68. The lowest BCUT2D eigenvalue weighted by molar-refractivity contribution is -0.159. The quantitative estimate of drug-likeness (QED) is 0.762. The van der Waals surface area contributed by atoms with E-state index in [1.807, 2.05) is 6.07 Å². The summed E-state index contributed by atoms with van der Waals surface area (Å²) in [5.74, 6) is -0.650. The van der Waals surface area contributed by atoms with E-state index in [-0.39, 0.29) is 6.61 Å². The first kappa shape index (κ1) is 13.0. The largest absolute Gasteiger partial charge is 0.464 e. The van der Waals surface area contributed by atoms with E-state index in [1.54, 1.807) is 31.2 Å². The number of carbonyl (C=O) groups excluding carboxylic acids is 1. The molecule has 1 fully saturated rings. The van der Waals surface area contributed by atoms with Crippen LogP contribution in [0.3, 0.4) is 0 Å². The Hall–Kier alpha value is -1.43. The molecule has 1 saturated heterocycles. The molecule has 2 N–H and O–H groups in total. The lowest BCUT2D eigenvalue weighted by atomic mass is 10.0. The summed E-state index contributed by atoms with van der Waals surface area (Å²) < 4.78 is 10.2. The highest BCUT2D eigenvalue weighted by atomic mass is 16.6. The van der Waals surface area contributed by atoms with Crippen molar-refractivity contribution in [3.05, 3.63) is 35.9 Å². The summed E-state index contributed by atoms with van der Waals surface area (Å²) in [7, 11) is 0. The maximum absolute atomic E-state index is 11.6. The van der Waals surface area contributed by atoms with E-state index in [0.29, 0.717) is 0 Å². The second kappa shape index (κ2) is 5.48. The van der Waals surface area contributed by atoms with Gasteiger partial charge in [0, 0.05) is 0 Å². The van der Waals surface area contributed by atoms with Gasteiger partial charge in [0.25, 0.3) is 0 Å². The maximum atomic E-state index is 11.6. The van der Waals surface area contributed by atoms with Crippen LogP contribution in [0.1, 0.15) is 18.6 Å². The van der Waals surface area contributed by atoms with E-state index in [1.165, 1.54) is 0 Å². The van der Waals surface area contributed by atoms with Crippen LogP contribution in [0.25, 0.3) is 0 Å². The Labute approximate surface area is 105 Å². The average molecular weight is 252 g/mol. The fraction of sp³-hybridized carbons (Fsp3) is 0.462. The zero-order valence-corrected chi connectivity index (χ0v) is 10.0. The Bertz CT molecular complexity index is 405. The van der Waals surface area contributed by atoms with Crippen molar-refractivity contribution in [1.82, 2.24) is 0 Å². The summed E-state index contributed by atoms with van der Waals surface area (Å²) in [4.78, 5) is 11.6. The van der Waals surface area contributed by atoms with Crippen LogP contribution in [0, 0.1) is 0 Å². The molecular weight excluding hydrogens is 236 g/mol. The fourth-order valence-electron chi connectivity index (χ4n) is 2.01. The molecule has 0 aromatic heterocycles. The van der Waals surface area contributed by atoms with Crippen molar-refractivity contribution >= 4 is 5.97 Å². The molecule has 0 aliphatic carbocycles. The van der Waals surface area contributed by atoms with Gasteiger partial charge in [-0.2, -0.15) is 0 Å². The fourth-order valence-corrected chi connectivity index (χ4v) is 2.01. The van der Waals surface area contributed by atoms with Gasteiger partial charge < -0.3 is 19.7 Å². The summed E-state index contributed by atoms with van der Waals surface area (Å²) in [6.45, 7) is 1.88. The predicted molar refractivity (Wildman–Crippen MR) is 62.7 cm³/mol. The molecule has 0 saturated carbocycles. The third-order valence-electron chi connectivity index (χ3n) is 2.91. The minimum Gasteiger partial charge on any atom is -0.464 e. The second-order valence-electron chi connectivity index (χ2n) is 4.12. The van der Waals surface area contributed by atoms with Gasteiger partial charge >= 0.3 is 5.97 Å². The third-order valence-corrected chi connectivity index (χ3v) is 2.91. The molecule has 0 amide bonds. The Kier molecular flexibility index (Phi) is 3.96. The number of aliphatic hydroxyl groups is 2. The summed E-state index contributed by atoms with van der Waals surface area (Å²) in [5, 5.41) is 19.7. The number of hydrogen-bond acceptors (Lipinski definition) is 5. The normalized spacial score (nSPS) is 31.3. The van der Waals surface area contributed by atoms with Gasteiger partial charge in [-0.15, -0.1) is 0 Å². The van der Waals surface area contributed by atoms with E-state index < -0.39 is 30.4 Å². The van der Waals surface area contributed by atoms with Crippen LogP contribution in [0.5, 0.6) is 0 Å². The molecule has 5 nitrogen and oxygen atoms in total. The summed E-state index contributed by atoms with van der Waals surface area (Å²) in [6, 6.07) is 8.98. The van der Waals surface area contributed by atoms with Gasteiger partial charge in [0.05, 0.1) is 6.61 Å². The van der Waals surface area contributed by atoms with Crippen molar-refractivity contribution < 1.29 is 24.5 Å². The Morgan fingerprint density at radius 1 is 1.28 bits per heavy atom. The standard InChI is InChI=1S/C13H16O5/c1-2-17-13(16)12-10(15)9(14)11(18-12)8-6-4-3-5-7-8/h3-7,9-12,14-15H,2H2,1H3/t9-,10+,11+,12-/m0/s1. The van der Waals surface area contributed by atoms with E-state index >= 15 is 0 Å². The zero-order chi connectivity index (χ0) is 13.1. The summed E-state index contributed by atoms with van der Waals surface area (Å²) in [5.41, 5.74) is 0.718. The van der Waals surface area contributed by atoms with E-state index in [9.17, 15) is 15.0 Å². The number of aliphatic hydroxyl groups excluding tert-OH is 2. The second-order valence-corrected chi connectivity index (χ2v) is 4.12. The third kappa shape index (κ3) is 2.38. The lowest BCUT2D eigenvalue weighted by Crippen LogP contribution is -2.36. The molecule has 98 valence electrons. The lowest BCUT2D eigenvalue weighted by Gasteiger charge is -2.14. The molecular formula is C13H16O5. The van der Waals surface area contributed by atoms with Crippen molar-refractivity contribution in [2.45, 2.75) is 31.3 Å². The molecule has 1 aromatic carbocycles. The minimum atomic E-state index is -1.27. The van der Waals surface area contributed by atoms with Crippen LogP contribution in [0.4, 0.5) is 0 Å².